The number of hydrogen-bond donors (Lipinski definition) is 2. The van der Waals surface area contributed by atoms with Gasteiger partial charge in [-0.25, -0.2) is 0 Å². The van der Waals surface area contributed by atoms with Crippen molar-refractivity contribution in [1.82, 2.24) is 0 Å². The monoisotopic (exact) mass is 271 g/mol. The lowest BCUT2D eigenvalue weighted by Crippen LogP contribution is -2.04. The minimum atomic E-state index is 0.427. The van der Waals surface area contributed by atoms with E-state index in [0.29, 0.717) is 17.5 Å². The third-order valence-corrected chi connectivity index (χ3v) is 2.29. The smallest absolute Gasteiger partial charge is 0.164 e. The van der Waals surface area contributed by atoms with E-state index in [1.165, 1.54) is 0 Å². The van der Waals surface area contributed by atoms with Crippen LogP contribution in [0.2, 0.25) is 0 Å². The van der Waals surface area contributed by atoms with Crippen LogP contribution in [0.1, 0.15) is 19.4 Å². The Labute approximate surface area is 113 Å². The first-order valence-electron chi connectivity index (χ1n) is 5.48. The van der Waals surface area contributed by atoms with E-state index in [9.17, 15) is 0 Å². The number of rotatable bonds is 5. The lowest BCUT2D eigenvalue weighted by atomic mass is 10.2. The Balaban J connectivity index is 3.10. The zero-order valence-corrected chi connectivity index (χ0v) is 12.0. The third kappa shape index (κ3) is 4.09. The van der Waals surface area contributed by atoms with E-state index in [-0.39, 0.29) is 0 Å². The predicted octanol–water partition coefficient (Wildman–Crippen LogP) is 3.42. The van der Waals surface area contributed by atoms with Gasteiger partial charge in [0, 0.05) is 11.8 Å². The van der Waals surface area contributed by atoms with E-state index >= 15 is 0 Å². The van der Waals surface area contributed by atoms with Gasteiger partial charge in [-0.3, -0.25) is 0 Å². The molecule has 0 fully saturated rings. The number of ether oxygens (including phenoxy) is 2. The van der Waals surface area contributed by atoms with E-state index in [0.717, 1.165) is 22.7 Å². The van der Waals surface area contributed by atoms with Crippen LogP contribution in [0.3, 0.4) is 0 Å². The summed E-state index contributed by atoms with van der Waals surface area (Å²) in [6.07, 6.45) is 0. The van der Waals surface area contributed by atoms with Gasteiger partial charge >= 0.3 is 0 Å². The maximum absolute atomic E-state index is 5.58. The van der Waals surface area contributed by atoms with Crippen LogP contribution >= 0.6 is 24.8 Å². The second kappa shape index (κ2) is 6.71. The molecule has 94 valence electrons. The predicted molar refractivity (Wildman–Crippen MR) is 78.7 cm³/mol. The molecule has 0 atom stereocenters. The number of hydrogen-bond acceptors (Lipinski definition) is 3. The first-order valence-corrected chi connectivity index (χ1v) is 6.34. The van der Waals surface area contributed by atoms with Crippen molar-refractivity contribution < 1.29 is 9.47 Å². The summed E-state index contributed by atoms with van der Waals surface area (Å²) >= 11 is 8.94. The molecule has 0 aromatic heterocycles. The Kier molecular flexibility index (Phi) is 5.58. The number of thiol groups is 1. The normalized spacial score (nSPS) is 9.88. The van der Waals surface area contributed by atoms with Crippen LogP contribution < -0.4 is 14.8 Å². The summed E-state index contributed by atoms with van der Waals surface area (Å²) in [6.45, 7) is 7.06. The van der Waals surface area contributed by atoms with Gasteiger partial charge in [-0.15, -0.1) is 12.6 Å². The average molecular weight is 271 g/mol. The van der Waals surface area contributed by atoms with Gasteiger partial charge in [-0.2, -0.15) is 0 Å². The molecule has 0 bridgehead atoms. The van der Waals surface area contributed by atoms with Gasteiger partial charge in [0.2, 0.25) is 0 Å². The summed E-state index contributed by atoms with van der Waals surface area (Å²) < 4.78 is 11.6. The van der Waals surface area contributed by atoms with E-state index < -0.39 is 0 Å². The molecule has 0 aliphatic rings. The van der Waals surface area contributed by atoms with Crippen molar-refractivity contribution in [3.8, 4) is 11.5 Å². The maximum Gasteiger partial charge on any atom is 0.164 e. The van der Waals surface area contributed by atoms with Crippen molar-refractivity contribution >= 4 is 34.9 Å². The number of thiocarbonyl (C=S) groups is 1. The average Bonchev–Trinajstić information content (AvgIpc) is 2.22. The molecule has 5 heteroatoms. The third-order valence-electron chi connectivity index (χ3n) is 2.08. The molecule has 1 rings (SSSR count). The maximum atomic E-state index is 5.58. The quantitative estimate of drug-likeness (QED) is 0.634. The van der Waals surface area contributed by atoms with Crippen molar-refractivity contribution in [2.45, 2.75) is 20.8 Å². The fourth-order valence-corrected chi connectivity index (χ4v) is 1.78. The Hall–Kier alpha value is -0.940. The lowest BCUT2D eigenvalue weighted by molar-refractivity contribution is 0.286. The minimum Gasteiger partial charge on any atom is -0.490 e. The van der Waals surface area contributed by atoms with Crippen LogP contribution in [0.5, 0.6) is 11.5 Å². The first-order chi connectivity index (χ1) is 8.08. The van der Waals surface area contributed by atoms with Crippen molar-refractivity contribution in [3.05, 3.63) is 17.7 Å². The molecular formula is C12H17NO2S2. The van der Waals surface area contributed by atoms with E-state index in [1.807, 2.05) is 32.9 Å². The molecule has 0 amide bonds. The standard InChI is InChI=1S/C12H17NO2S2/c1-4-14-10-7-9(13-12(16)17)6-8(3)11(10)15-5-2/h6-7H,4-5H2,1-3H3,(H2,13,16,17). The van der Waals surface area contributed by atoms with Crippen molar-refractivity contribution in [2.24, 2.45) is 0 Å². The molecular weight excluding hydrogens is 254 g/mol. The number of nitrogens with one attached hydrogen (secondary N) is 1. The van der Waals surface area contributed by atoms with Gasteiger partial charge in [-0.05, 0) is 32.4 Å². The van der Waals surface area contributed by atoms with E-state index in [1.54, 1.807) is 0 Å². The first kappa shape index (κ1) is 14.1. The summed E-state index contributed by atoms with van der Waals surface area (Å²) in [5, 5.41) is 2.97. The highest BCUT2D eigenvalue weighted by Gasteiger charge is 2.10. The second-order valence-corrected chi connectivity index (χ2v) is 4.57. The SMILES string of the molecule is CCOc1cc(NC(=S)S)cc(C)c1OCC. The highest BCUT2D eigenvalue weighted by atomic mass is 32.1. The Bertz CT molecular complexity index is 408. The van der Waals surface area contributed by atoms with Crippen LogP contribution in [0.25, 0.3) is 0 Å². The lowest BCUT2D eigenvalue weighted by Gasteiger charge is -2.15. The van der Waals surface area contributed by atoms with E-state index in [4.69, 9.17) is 21.7 Å². The van der Waals surface area contributed by atoms with Crippen molar-refractivity contribution in [1.29, 1.82) is 0 Å². The Morgan fingerprint density at radius 2 is 1.94 bits per heavy atom. The molecule has 0 aliphatic carbocycles. The minimum absolute atomic E-state index is 0.427. The molecule has 0 radical (unpaired) electrons. The van der Waals surface area contributed by atoms with Gasteiger partial charge < -0.3 is 14.8 Å². The molecule has 1 N–H and O–H groups in total. The molecule has 0 saturated heterocycles. The van der Waals surface area contributed by atoms with Gasteiger partial charge in [0.05, 0.1) is 13.2 Å². The molecule has 0 heterocycles. The number of aryl methyl sites for hydroxylation is 1. The molecule has 0 saturated carbocycles. The number of anilines is 1. The van der Waals surface area contributed by atoms with Crippen molar-refractivity contribution in [2.75, 3.05) is 18.5 Å². The summed E-state index contributed by atoms with van der Waals surface area (Å²) in [6, 6.07) is 3.82. The zero-order chi connectivity index (χ0) is 12.8. The molecule has 3 nitrogen and oxygen atoms in total. The van der Waals surface area contributed by atoms with Crippen molar-refractivity contribution in [3.63, 3.8) is 0 Å². The highest BCUT2D eigenvalue weighted by Crippen LogP contribution is 2.34. The Morgan fingerprint density at radius 1 is 1.29 bits per heavy atom. The van der Waals surface area contributed by atoms with Gasteiger partial charge in [-0.1, -0.05) is 12.2 Å². The molecule has 1 aromatic carbocycles. The molecule has 0 aliphatic heterocycles. The van der Waals surface area contributed by atoms with Gasteiger partial charge in [0.15, 0.2) is 11.5 Å². The molecule has 0 unspecified atom stereocenters. The highest BCUT2D eigenvalue weighted by molar-refractivity contribution is 8.11. The van der Waals surface area contributed by atoms with Crippen LogP contribution in [-0.4, -0.2) is 17.5 Å². The molecule has 1 aromatic rings. The largest absolute Gasteiger partial charge is 0.490 e. The summed E-state index contributed by atoms with van der Waals surface area (Å²) in [4.78, 5) is 0. The van der Waals surface area contributed by atoms with Gasteiger partial charge in [0.1, 0.15) is 4.32 Å². The summed E-state index contributed by atoms with van der Waals surface area (Å²) in [5.74, 6) is 1.51. The second-order valence-electron chi connectivity index (χ2n) is 3.42. The van der Waals surface area contributed by atoms with E-state index in [2.05, 4.69) is 17.9 Å². The molecule has 17 heavy (non-hydrogen) atoms. The van der Waals surface area contributed by atoms with Crippen LogP contribution in [0, 0.1) is 6.92 Å². The zero-order valence-electron chi connectivity index (χ0n) is 10.2. The van der Waals surface area contributed by atoms with Crippen LogP contribution in [-0.2, 0) is 0 Å². The fraction of sp³-hybridized carbons (Fsp3) is 0.417. The Morgan fingerprint density at radius 3 is 2.47 bits per heavy atom. The molecule has 0 spiro atoms. The van der Waals surface area contributed by atoms with Gasteiger partial charge in [0.25, 0.3) is 0 Å². The van der Waals surface area contributed by atoms with Crippen LogP contribution in [0.15, 0.2) is 12.1 Å². The van der Waals surface area contributed by atoms with Crippen LogP contribution in [0.4, 0.5) is 5.69 Å². The number of benzene rings is 1. The topological polar surface area (TPSA) is 30.5 Å². The fourth-order valence-electron chi connectivity index (χ4n) is 1.53. The summed E-state index contributed by atoms with van der Waals surface area (Å²) in [7, 11) is 0. The summed E-state index contributed by atoms with van der Waals surface area (Å²) in [5.41, 5.74) is 1.86.